The van der Waals surface area contributed by atoms with Crippen molar-refractivity contribution >= 4 is 13.8 Å². The topological polar surface area (TPSA) is 93.1 Å². The lowest BCUT2D eigenvalue weighted by Gasteiger charge is -2.07. The molecule has 0 atom stereocenters. The number of carbonyl (C=O) groups is 1. The summed E-state index contributed by atoms with van der Waals surface area (Å²) in [6.07, 6.45) is 0. The predicted molar refractivity (Wildman–Crippen MR) is 65.9 cm³/mol. The van der Waals surface area contributed by atoms with Crippen LogP contribution in [0.2, 0.25) is 0 Å². The molecule has 0 radical (unpaired) electrons. The smallest absolute Gasteiger partial charge is 0.461 e. The van der Waals surface area contributed by atoms with Crippen molar-refractivity contribution < 1.29 is 28.4 Å². The summed E-state index contributed by atoms with van der Waals surface area (Å²) in [5.74, 6) is -0.338. The summed E-state index contributed by atoms with van der Waals surface area (Å²) in [5.41, 5.74) is 0.702. The van der Waals surface area contributed by atoms with Crippen LogP contribution in [0.4, 0.5) is 0 Å². The van der Waals surface area contributed by atoms with Crippen molar-refractivity contribution in [3.05, 3.63) is 29.8 Å². The van der Waals surface area contributed by atoms with Gasteiger partial charge < -0.3 is 9.26 Å². The Morgan fingerprint density at radius 3 is 2.11 bits per heavy atom. The van der Waals surface area contributed by atoms with E-state index in [1.165, 1.54) is 19.1 Å². The molecule has 2 N–H and O–H groups in total. The van der Waals surface area contributed by atoms with E-state index in [1.807, 2.05) is 13.8 Å². The monoisotopic (exact) mass is 276 g/mol. The second-order valence-electron chi connectivity index (χ2n) is 3.01. The van der Waals surface area contributed by atoms with Gasteiger partial charge in [-0.3, -0.25) is 14.6 Å². The highest BCUT2D eigenvalue weighted by molar-refractivity contribution is 7.46. The van der Waals surface area contributed by atoms with E-state index >= 15 is 0 Å². The molecule has 0 amide bonds. The van der Waals surface area contributed by atoms with Gasteiger partial charge in [-0.25, -0.2) is 4.57 Å². The summed E-state index contributed by atoms with van der Waals surface area (Å²) >= 11 is 0. The fourth-order valence-corrected chi connectivity index (χ4v) is 1.37. The largest absolute Gasteiger partial charge is 0.524 e. The van der Waals surface area contributed by atoms with Gasteiger partial charge in [0.05, 0.1) is 0 Å². The minimum atomic E-state index is -4.52. The lowest BCUT2D eigenvalue weighted by atomic mass is 10.2. The normalized spacial score (nSPS) is 10.1. The molecule has 0 unspecified atom stereocenters. The molecule has 0 aliphatic rings. The highest BCUT2D eigenvalue weighted by atomic mass is 31.2. The van der Waals surface area contributed by atoms with Crippen molar-refractivity contribution in [2.45, 2.75) is 27.4 Å². The highest BCUT2D eigenvalue weighted by Gasteiger charge is 2.15. The second kappa shape index (κ2) is 7.87. The summed E-state index contributed by atoms with van der Waals surface area (Å²) < 4.78 is 19.6. The van der Waals surface area contributed by atoms with Gasteiger partial charge in [-0.05, 0) is 17.7 Å². The number of hydrogen-bond donors (Lipinski definition) is 2. The van der Waals surface area contributed by atoms with Gasteiger partial charge in [0, 0.05) is 6.92 Å². The van der Waals surface area contributed by atoms with Gasteiger partial charge in [0.15, 0.2) is 0 Å². The van der Waals surface area contributed by atoms with E-state index in [1.54, 1.807) is 12.1 Å². The Balaban J connectivity index is 0.00000137. The molecule has 0 aromatic heterocycles. The maximum atomic E-state index is 10.5. The molecule has 7 heteroatoms. The molecular formula is C11H17O6P. The summed E-state index contributed by atoms with van der Waals surface area (Å²) in [7, 11) is -4.52. The number of rotatable bonds is 4. The van der Waals surface area contributed by atoms with Gasteiger partial charge in [-0.2, -0.15) is 0 Å². The van der Waals surface area contributed by atoms with E-state index in [0.29, 0.717) is 5.56 Å². The number of phosphoric acid groups is 1. The number of carbonyl (C=O) groups excluding carboxylic acids is 1. The third kappa shape index (κ3) is 7.84. The van der Waals surface area contributed by atoms with Crippen LogP contribution < -0.4 is 4.52 Å². The van der Waals surface area contributed by atoms with Crippen LogP contribution >= 0.6 is 7.82 Å². The zero-order valence-corrected chi connectivity index (χ0v) is 11.4. The lowest BCUT2D eigenvalue weighted by molar-refractivity contribution is -0.142. The second-order valence-corrected chi connectivity index (χ2v) is 4.17. The Morgan fingerprint density at radius 2 is 1.72 bits per heavy atom. The van der Waals surface area contributed by atoms with Gasteiger partial charge in [0.25, 0.3) is 0 Å². The van der Waals surface area contributed by atoms with E-state index in [9.17, 15) is 9.36 Å². The Labute approximate surface area is 106 Å². The standard InChI is InChI=1S/C9H11O6P.C2H6/c1-7(10)14-6-8-2-4-9(5-3-8)15-16(11,12)13;1-2/h2-5H,6H2,1H3,(H2,11,12,13);1-2H3. The maximum absolute atomic E-state index is 10.5. The van der Waals surface area contributed by atoms with Crippen LogP contribution in [0.3, 0.4) is 0 Å². The quantitative estimate of drug-likeness (QED) is 0.647. The highest BCUT2D eigenvalue weighted by Crippen LogP contribution is 2.37. The van der Waals surface area contributed by atoms with Gasteiger partial charge in [0.2, 0.25) is 0 Å². The zero-order valence-electron chi connectivity index (χ0n) is 10.5. The predicted octanol–water partition coefficient (Wildman–Crippen LogP) is 2.25. The van der Waals surface area contributed by atoms with Crippen molar-refractivity contribution in [3.8, 4) is 5.75 Å². The van der Waals surface area contributed by atoms with Crippen LogP contribution in [0.25, 0.3) is 0 Å². The molecule has 0 heterocycles. The molecular weight excluding hydrogens is 259 g/mol. The lowest BCUT2D eigenvalue weighted by Crippen LogP contribution is -1.98. The van der Waals surface area contributed by atoms with Crippen LogP contribution in [-0.4, -0.2) is 15.8 Å². The van der Waals surface area contributed by atoms with Gasteiger partial charge in [-0.1, -0.05) is 26.0 Å². The average molecular weight is 276 g/mol. The Kier molecular flexibility index (Phi) is 7.27. The van der Waals surface area contributed by atoms with E-state index in [4.69, 9.17) is 14.5 Å². The molecule has 0 bridgehead atoms. The van der Waals surface area contributed by atoms with Crippen molar-refractivity contribution in [1.29, 1.82) is 0 Å². The molecule has 1 aromatic carbocycles. The number of hydrogen-bond acceptors (Lipinski definition) is 4. The number of benzene rings is 1. The van der Waals surface area contributed by atoms with E-state index in [-0.39, 0.29) is 12.4 Å². The van der Waals surface area contributed by atoms with E-state index < -0.39 is 13.8 Å². The van der Waals surface area contributed by atoms with Crippen molar-refractivity contribution in [1.82, 2.24) is 0 Å². The summed E-state index contributed by atoms with van der Waals surface area (Å²) in [6, 6.07) is 5.87. The first-order valence-electron chi connectivity index (χ1n) is 5.34. The summed E-state index contributed by atoms with van der Waals surface area (Å²) in [6.45, 7) is 5.41. The first-order valence-corrected chi connectivity index (χ1v) is 6.87. The van der Waals surface area contributed by atoms with Crippen molar-refractivity contribution in [3.63, 3.8) is 0 Å². The molecule has 0 aliphatic carbocycles. The Bertz CT molecular complexity index is 408. The van der Waals surface area contributed by atoms with E-state index in [2.05, 4.69) is 4.52 Å². The molecule has 0 saturated heterocycles. The first-order chi connectivity index (χ1) is 8.37. The minimum Gasteiger partial charge on any atom is -0.461 e. The fraction of sp³-hybridized carbons (Fsp3) is 0.364. The Morgan fingerprint density at radius 1 is 1.22 bits per heavy atom. The first kappa shape index (κ1) is 16.6. The third-order valence-corrected chi connectivity index (χ3v) is 2.04. The minimum absolute atomic E-state index is 0.0555. The fourth-order valence-electron chi connectivity index (χ4n) is 0.969. The van der Waals surface area contributed by atoms with E-state index in [0.717, 1.165) is 0 Å². The number of ether oxygens (including phenoxy) is 1. The SMILES string of the molecule is CC.CC(=O)OCc1ccc(OP(=O)(O)O)cc1. The molecule has 1 rings (SSSR count). The molecule has 18 heavy (non-hydrogen) atoms. The average Bonchev–Trinajstić information content (AvgIpc) is 2.29. The van der Waals surface area contributed by atoms with Crippen LogP contribution in [0.5, 0.6) is 5.75 Å². The zero-order chi connectivity index (χ0) is 14.2. The molecule has 0 saturated carbocycles. The number of phosphoric ester groups is 1. The molecule has 0 aliphatic heterocycles. The van der Waals surface area contributed by atoms with Gasteiger partial charge >= 0.3 is 13.8 Å². The third-order valence-electron chi connectivity index (χ3n) is 1.59. The Hall–Kier alpha value is -1.36. The maximum Gasteiger partial charge on any atom is 0.524 e. The molecule has 1 aromatic rings. The van der Waals surface area contributed by atoms with Gasteiger partial charge in [0.1, 0.15) is 12.4 Å². The molecule has 102 valence electrons. The van der Waals surface area contributed by atoms with Gasteiger partial charge in [-0.15, -0.1) is 0 Å². The van der Waals surface area contributed by atoms with Crippen LogP contribution in [0.15, 0.2) is 24.3 Å². The van der Waals surface area contributed by atoms with Crippen LogP contribution in [-0.2, 0) is 20.7 Å². The number of esters is 1. The summed E-state index contributed by atoms with van der Waals surface area (Å²) in [5, 5.41) is 0. The summed E-state index contributed by atoms with van der Waals surface area (Å²) in [4.78, 5) is 27.6. The molecule has 0 spiro atoms. The van der Waals surface area contributed by atoms with Crippen LogP contribution in [0, 0.1) is 0 Å². The van der Waals surface area contributed by atoms with Crippen LogP contribution in [0.1, 0.15) is 26.3 Å². The van der Waals surface area contributed by atoms with Crippen molar-refractivity contribution in [2.75, 3.05) is 0 Å². The molecule has 0 fully saturated rings. The van der Waals surface area contributed by atoms with Crippen molar-refractivity contribution in [2.24, 2.45) is 0 Å². The molecule has 6 nitrogen and oxygen atoms in total.